The van der Waals surface area contributed by atoms with E-state index in [1.54, 1.807) is 11.8 Å². The molecular weight excluding hydrogens is 434 g/mol. The minimum Gasteiger partial charge on any atom is -0.324 e. The zero-order valence-corrected chi connectivity index (χ0v) is 18.6. The number of carbonyl (C=O) groups is 1. The second-order valence-electron chi connectivity index (χ2n) is 6.45. The van der Waals surface area contributed by atoms with Crippen LogP contribution in [0.4, 0.5) is 5.69 Å². The van der Waals surface area contributed by atoms with Crippen molar-refractivity contribution in [3.05, 3.63) is 76.2 Å². The zero-order valence-electron chi connectivity index (χ0n) is 16.2. The van der Waals surface area contributed by atoms with Crippen molar-refractivity contribution in [2.75, 3.05) is 17.3 Å². The van der Waals surface area contributed by atoms with Crippen molar-refractivity contribution in [3.63, 3.8) is 0 Å². The number of amides is 1. The van der Waals surface area contributed by atoms with Gasteiger partial charge in [0.15, 0.2) is 0 Å². The first-order valence-corrected chi connectivity index (χ1v) is 12.5. The molecular formula is C22H19N3O2S3. The summed E-state index contributed by atoms with van der Waals surface area (Å²) in [6.07, 6.45) is 1.98. The molecule has 0 radical (unpaired) electrons. The number of aromatic nitrogens is 2. The third-order valence-electron chi connectivity index (χ3n) is 4.43. The number of anilines is 1. The number of nitrogens with one attached hydrogen (secondary N) is 2. The van der Waals surface area contributed by atoms with Crippen LogP contribution in [0.2, 0.25) is 0 Å². The highest BCUT2D eigenvalue weighted by Gasteiger charge is 2.13. The summed E-state index contributed by atoms with van der Waals surface area (Å²) in [4.78, 5) is 34.2. The summed E-state index contributed by atoms with van der Waals surface area (Å²) in [5, 5.41) is 5.52. The lowest BCUT2D eigenvalue weighted by Gasteiger charge is -2.09. The number of hydrogen-bond donors (Lipinski definition) is 2. The summed E-state index contributed by atoms with van der Waals surface area (Å²) in [7, 11) is 0. The van der Waals surface area contributed by atoms with Crippen LogP contribution in [0.3, 0.4) is 0 Å². The molecule has 0 spiro atoms. The van der Waals surface area contributed by atoms with Crippen molar-refractivity contribution in [1.82, 2.24) is 9.97 Å². The summed E-state index contributed by atoms with van der Waals surface area (Å²) < 4.78 is 0. The average molecular weight is 454 g/mol. The Morgan fingerprint density at radius 3 is 2.70 bits per heavy atom. The Bertz CT molecular complexity index is 1240. The van der Waals surface area contributed by atoms with E-state index in [2.05, 4.69) is 15.3 Å². The highest BCUT2D eigenvalue weighted by Crippen LogP contribution is 2.30. The smallest absolute Gasteiger partial charge is 0.260 e. The van der Waals surface area contributed by atoms with Crippen molar-refractivity contribution in [2.45, 2.75) is 10.6 Å². The van der Waals surface area contributed by atoms with E-state index in [9.17, 15) is 9.59 Å². The fraction of sp³-hybridized carbons (Fsp3) is 0.136. The lowest BCUT2D eigenvalue weighted by atomic mass is 10.1. The van der Waals surface area contributed by atoms with Crippen LogP contribution in [0.15, 0.2) is 69.7 Å². The number of thiophene rings is 1. The zero-order chi connectivity index (χ0) is 20.9. The van der Waals surface area contributed by atoms with Gasteiger partial charge in [-0.2, -0.15) is 0 Å². The van der Waals surface area contributed by atoms with Gasteiger partial charge in [0.25, 0.3) is 5.56 Å². The van der Waals surface area contributed by atoms with Gasteiger partial charge >= 0.3 is 0 Å². The summed E-state index contributed by atoms with van der Waals surface area (Å²) >= 11 is 4.47. The fourth-order valence-electron chi connectivity index (χ4n) is 3.07. The number of benzene rings is 2. The second kappa shape index (κ2) is 9.51. The van der Waals surface area contributed by atoms with E-state index in [-0.39, 0.29) is 17.2 Å². The minimum absolute atomic E-state index is 0.0765. The van der Waals surface area contributed by atoms with Crippen LogP contribution in [-0.2, 0) is 10.5 Å². The van der Waals surface area contributed by atoms with Crippen molar-refractivity contribution in [1.29, 1.82) is 0 Å². The SMILES string of the molecule is CSc1ccccc1NC(=O)CSCc1nc2scc(-c3ccccc3)c2c(=O)[nH]1. The van der Waals surface area contributed by atoms with Gasteiger partial charge in [-0.15, -0.1) is 34.9 Å². The minimum atomic E-state index is -0.144. The largest absolute Gasteiger partial charge is 0.324 e. The van der Waals surface area contributed by atoms with Crippen LogP contribution in [0.1, 0.15) is 5.82 Å². The van der Waals surface area contributed by atoms with E-state index in [1.807, 2.05) is 66.2 Å². The number of thioether (sulfide) groups is 2. The van der Waals surface area contributed by atoms with E-state index in [1.165, 1.54) is 23.1 Å². The van der Waals surface area contributed by atoms with Crippen molar-refractivity contribution in [3.8, 4) is 11.1 Å². The number of carbonyl (C=O) groups excluding carboxylic acids is 1. The van der Waals surface area contributed by atoms with E-state index in [4.69, 9.17) is 0 Å². The van der Waals surface area contributed by atoms with Crippen molar-refractivity contribution in [2.24, 2.45) is 0 Å². The number of rotatable bonds is 7. The molecule has 0 aliphatic carbocycles. The molecule has 2 aromatic heterocycles. The van der Waals surface area contributed by atoms with Crippen LogP contribution in [0.25, 0.3) is 21.3 Å². The van der Waals surface area contributed by atoms with Gasteiger partial charge in [-0.1, -0.05) is 42.5 Å². The van der Waals surface area contributed by atoms with Gasteiger partial charge in [-0.05, 0) is 24.0 Å². The van der Waals surface area contributed by atoms with Crippen molar-refractivity contribution < 1.29 is 4.79 Å². The van der Waals surface area contributed by atoms with Crippen LogP contribution < -0.4 is 10.9 Å². The average Bonchev–Trinajstić information content (AvgIpc) is 3.19. The number of H-pyrrole nitrogens is 1. The molecule has 8 heteroatoms. The molecule has 4 aromatic rings. The molecule has 0 atom stereocenters. The van der Waals surface area contributed by atoms with Gasteiger partial charge in [0.1, 0.15) is 10.7 Å². The number of nitrogens with zero attached hydrogens (tertiary/aromatic N) is 1. The van der Waals surface area contributed by atoms with E-state index in [0.717, 1.165) is 21.7 Å². The van der Waals surface area contributed by atoms with E-state index >= 15 is 0 Å². The highest BCUT2D eigenvalue weighted by atomic mass is 32.2. The molecule has 5 nitrogen and oxygen atoms in total. The molecule has 2 N–H and O–H groups in total. The monoisotopic (exact) mass is 453 g/mol. The molecule has 152 valence electrons. The van der Waals surface area contributed by atoms with E-state index in [0.29, 0.717) is 21.8 Å². The molecule has 0 fully saturated rings. The first kappa shape index (κ1) is 20.7. The topological polar surface area (TPSA) is 74.8 Å². The normalized spacial score (nSPS) is 11.0. The molecule has 0 aliphatic heterocycles. The first-order valence-electron chi connectivity index (χ1n) is 9.22. The Balaban J connectivity index is 1.42. The van der Waals surface area contributed by atoms with Crippen molar-refractivity contribution >= 4 is 56.7 Å². The van der Waals surface area contributed by atoms with E-state index < -0.39 is 0 Å². The molecule has 4 rings (SSSR count). The van der Waals surface area contributed by atoms with Crippen LogP contribution in [0, 0.1) is 0 Å². The third kappa shape index (κ3) is 4.61. The molecule has 0 aliphatic rings. The standard InChI is InChI=1S/C22H19N3O2S3/c1-28-17-10-6-5-9-16(17)23-19(26)13-29-12-18-24-21(27)20-15(11-30-22(20)25-18)14-7-3-2-4-8-14/h2-11H,12-13H2,1H3,(H,23,26)(H,24,25,27). The summed E-state index contributed by atoms with van der Waals surface area (Å²) in [5.74, 6) is 1.24. The Labute approximate surface area is 186 Å². The molecule has 0 unspecified atom stereocenters. The molecule has 0 bridgehead atoms. The Morgan fingerprint density at radius 1 is 1.13 bits per heavy atom. The Morgan fingerprint density at radius 2 is 1.90 bits per heavy atom. The van der Waals surface area contributed by atoms with Gasteiger partial charge in [0.05, 0.1) is 22.6 Å². The first-order chi connectivity index (χ1) is 14.7. The van der Waals surface area contributed by atoms with Crippen LogP contribution in [0.5, 0.6) is 0 Å². The summed E-state index contributed by atoms with van der Waals surface area (Å²) in [6.45, 7) is 0. The Hall–Kier alpha value is -2.55. The second-order valence-corrected chi connectivity index (χ2v) is 9.14. The van der Waals surface area contributed by atoms with Gasteiger partial charge in [-0.3, -0.25) is 9.59 Å². The predicted octanol–water partition coefficient (Wildman–Crippen LogP) is 5.25. The predicted molar refractivity (Wildman–Crippen MR) is 129 cm³/mol. The highest BCUT2D eigenvalue weighted by molar-refractivity contribution is 7.99. The van der Waals surface area contributed by atoms with Gasteiger partial charge in [0, 0.05) is 15.8 Å². The van der Waals surface area contributed by atoms with Crippen LogP contribution in [-0.4, -0.2) is 27.9 Å². The summed E-state index contributed by atoms with van der Waals surface area (Å²) in [5.41, 5.74) is 2.57. The third-order valence-corrected chi connectivity index (χ3v) is 7.04. The number of aromatic amines is 1. The molecule has 30 heavy (non-hydrogen) atoms. The fourth-order valence-corrected chi connectivity index (χ4v) is 5.28. The quantitative estimate of drug-likeness (QED) is 0.374. The van der Waals surface area contributed by atoms with Crippen LogP contribution >= 0.6 is 34.9 Å². The maximum atomic E-state index is 12.7. The number of para-hydroxylation sites is 1. The molecule has 0 saturated heterocycles. The maximum absolute atomic E-state index is 12.7. The number of fused-ring (bicyclic) bond motifs is 1. The molecule has 0 saturated carbocycles. The molecule has 2 heterocycles. The molecule has 1 amide bonds. The van der Waals surface area contributed by atoms with Gasteiger partial charge < -0.3 is 10.3 Å². The molecule has 2 aromatic carbocycles. The summed E-state index contributed by atoms with van der Waals surface area (Å²) in [6, 6.07) is 17.5. The van der Waals surface area contributed by atoms with Gasteiger partial charge in [-0.25, -0.2) is 4.98 Å². The number of hydrogen-bond acceptors (Lipinski definition) is 6. The Kier molecular flexibility index (Phi) is 6.56. The lowest BCUT2D eigenvalue weighted by molar-refractivity contribution is -0.113. The van der Waals surface area contributed by atoms with Gasteiger partial charge in [0.2, 0.25) is 5.91 Å². The maximum Gasteiger partial charge on any atom is 0.260 e. The lowest BCUT2D eigenvalue weighted by Crippen LogP contribution is -2.15.